The molecule has 0 aromatic rings. The molecule has 1 atom stereocenters. The average molecular weight is 200 g/mol. The Bertz CT molecular complexity index is 151. The van der Waals surface area contributed by atoms with Gasteiger partial charge in [0.05, 0.1) is 0 Å². The van der Waals surface area contributed by atoms with Gasteiger partial charge in [0.15, 0.2) is 0 Å². The second-order valence-corrected chi connectivity index (χ2v) is 6.72. The number of rotatable bonds is 4. The number of nitrogens with one attached hydrogen (secondary N) is 1. The van der Waals surface area contributed by atoms with Crippen molar-refractivity contribution >= 4 is 0 Å². The van der Waals surface area contributed by atoms with Gasteiger partial charge in [-0.3, -0.25) is 0 Å². The van der Waals surface area contributed by atoms with Crippen LogP contribution in [0.25, 0.3) is 0 Å². The van der Waals surface area contributed by atoms with Crippen LogP contribution in [-0.4, -0.2) is 19.1 Å². The molecule has 14 heavy (non-hydrogen) atoms. The van der Waals surface area contributed by atoms with Crippen LogP contribution in [0.1, 0.15) is 48.0 Å². The second-order valence-electron chi connectivity index (χ2n) is 6.72. The smallest absolute Gasteiger partial charge is 0.0170 e. The zero-order valence-electron chi connectivity index (χ0n) is 10.8. The van der Waals surface area contributed by atoms with Crippen LogP contribution in [0.4, 0.5) is 0 Å². The SMILES string of the molecule is CC(C)(C)CNCC(N)CC(C)(C)C. The third-order valence-corrected chi connectivity index (χ3v) is 1.94. The lowest BCUT2D eigenvalue weighted by Gasteiger charge is -2.25. The summed E-state index contributed by atoms with van der Waals surface area (Å²) in [6.45, 7) is 15.4. The zero-order chi connectivity index (χ0) is 11.4. The van der Waals surface area contributed by atoms with Gasteiger partial charge in [-0.1, -0.05) is 41.5 Å². The Morgan fingerprint density at radius 3 is 1.86 bits per heavy atom. The lowest BCUT2D eigenvalue weighted by molar-refractivity contribution is 0.317. The Kier molecular flexibility index (Phi) is 5.10. The van der Waals surface area contributed by atoms with E-state index in [2.05, 4.69) is 46.9 Å². The van der Waals surface area contributed by atoms with E-state index in [-0.39, 0.29) is 6.04 Å². The molecule has 0 saturated carbocycles. The third-order valence-electron chi connectivity index (χ3n) is 1.94. The summed E-state index contributed by atoms with van der Waals surface area (Å²) < 4.78 is 0. The lowest BCUT2D eigenvalue weighted by Crippen LogP contribution is -2.39. The number of hydrogen-bond donors (Lipinski definition) is 2. The molecule has 0 heterocycles. The van der Waals surface area contributed by atoms with E-state index in [0.717, 1.165) is 19.5 Å². The summed E-state index contributed by atoms with van der Waals surface area (Å²) in [5.74, 6) is 0. The minimum atomic E-state index is 0.275. The van der Waals surface area contributed by atoms with Crippen LogP contribution in [0.2, 0.25) is 0 Å². The maximum atomic E-state index is 6.03. The fourth-order valence-corrected chi connectivity index (χ4v) is 1.49. The summed E-state index contributed by atoms with van der Waals surface area (Å²) in [6, 6.07) is 0.275. The predicted octanol–water partition coefficient (Wildman–Crippen LogP) is 2.39. The van der Waals surface area contributed by atoms with E-state index in [4.69, 9.17) is 5.73 Å². The topological polar surface area (TPSA) is 38.0 Å². The van der Waals surface area contributed by atoms with E-state index in [9.17, 15) is 0 Å². The monoisotopic (exact) mass is 200 g/mol. The average Bonchev–Trinajstić information content (AvgIpc) is 1.78. The first kappa shape index (κ1) is 13.9. The zero-order valence-corrected chi connectivity index (χ0v) is 10.8. The molecule has 0 bridgehead atoms. The van der Waals surface area contributed by atoms with Crippen molar-refractivity contribution in [1.82, 2.24) is 5.32 Å². The molecule has 2 nitrogen and oxygen atoms in total. The van der Waals surface area contributed by atoms with Crippen molar-refractivity contribution in [2.24, 2.45) is 16.6 Å². The summed E-state index contributed by atoms with van der Waals surface area (Å²) in [5, 5.41) is 3.42. The Hall–Kier alpha value is -0.0800. The Balaban J connectivity index is 3.60. The van der Waals surface area contributed by atoms with E-state index in [0.29, 0.717) is 10.8 Å². The lowest BCUT2D eigenvalue weighted by atomic mass is 9.88. The quantitative estimate of drug-likeness (QED) is 0.731. The molecular weight excluding hydrogens is 172 g/mol. The van der Waals surface area contributed by atoms with Crippen molar-refractivity contribution in [3.05, 3.63) is 0 Å². The minimum absolute atomic E-state index is 0.275. The van der Waals surface area contributed by atoms with Crippen molar-refractivity contribution in [2.75, 3.05) is 13.1 Å². The predicted molar refractivity (Wildman–Crippen MR) is 64.4 cm³/mol. The highest BCUT2D eigenvalue weighted by atomic mass is 14.9. The Morgan fingerprint density at radius 2 is 1.50 bits per heavy atom. The van der Waals surface area contributed by atoms with Gasteiger partial charge in [0.25, 0.3) is 0 Å². The molecule has 0 amide bonds. The first-order valence-electron chi connectivity index (χ1n) is 5.56. The second kappa shape index (κ2) is 5.13. The van der Waals surface area contributed by atoms with E-state index in [1.807, 2.05) is 0 Å². The van der Waals surface area contributed by atoms with Crippen LogP contribution in [0.15, 0.2) is 0 Å². The van der Waals surface area contributed by atoms with Crippen LogP contribution in [-0.2, 0) is 0 Å². The van der Waals surface area contributed by atoms with Gasteiger partial charge in [0.1, 0.15) is 0 Å². The molecule has 0 aromatic heterocycles. The molecule has 1 unspecified atom stereocenters. The molecule has 0 spiro atoms. The van der Waals surface area contributed by atoms with Gasteiger partial charge in [-0.05, 0) is 17.3 Å². The number of nitrogens with two attached hydrogens (primary N) is 1. The van der Waals surface area contributed by atoms with Gasteiger partial charge in [-0.15, -0.1) is 0 Å². The molecule has 0 fully saturated rings. The van der Waals surface area contributed by atoms with Crippen molar-refractivity contribution in [1.29, 1.82) is 0 Å². The van der Waals surface area contributed by atoms with E-state index >= 15 is 0 Å². The summed E-state index contributed by atoms with van der Waals surface area (Å²) in [5.41, 5.74) is 6.71. The van der Waals surface area contributed by atoms with Crippen molar-refractivity contribution in [3.63, 3.8) is 0 Å². The van der Waals surface area contributed by atoms with Crippen LogP contribution in [0.5, 0.6) is 0 Å². The molecular formula is C12H28N2. The van der Waals surface area contributed by atoms with E-state index < -0.39 is 0 Å². The summed E-state index contributed by atoms with van der Waals surface area (Å²) in [4.78, 5) is 0. The normalized spacial score (nSPS) is 15.6. The standard InChI is InChI=1S/C12H28N2/c1-11(2,3)7-10(13)8-14-9-12(4,5)6/h10,14H,7-9,13H2,1-6H3. The minimum Gasteiger partial charge on any atom is -0.327 e. The van der Waals surface area contributed by atoms with Gasteiger partial charge >= 0.3 is 0 Å². The highest BCUT2D eigenvalue weighted by Gasteiger charge is 2.16. The number of hydrogen-bond acceptors (Lipinski definition) is 2. The van der Waals surface area contributed by atoms with Crippen molar-refractivity contribution < 1.29 is 0 Å². The first-order valence-corrected chi connectivity index (χ1v) is 5.56. The largest absolute Gasteiger partial charge is 0.327 e. The van der Waals surface area contributed by atoms with Crippen LogP contribution in [0, 0.1) is 10.8 Å². The summed E-state index contributed by atoms with van der Waals surface area (Å²) in [6.07, 6.45) is 1.07. The van der Waals surface area contributed by atoms with Crippen molar-refractivity contribution in [3.8, 4) is 0 Å². The van der Waals surface area contributed by atoms with Crippen molar-refractivity contribution in [2.45, 2.75) is 54.0 Å². The van der Waals surface area contributed by atoms with Gasteiger partial charge in [0, 0.05) is 19.1 Å². The Labute approximate surface area is 89.6 Å². The molecule has 3 N–H and O–H groups in total. The maximum Gasteiger partial charge on any atom is 0.0170 e. The highest BCUT2D eigenvalue weighted by Crippen LogP contribution is 2.19. The molecule has 0 aliphatic carbocycles. The molecule has 0 radical (unpaired) electrons. The molecule has 0 saturated heterocycles. The van der Waals surface area contributed by atoms with Gasteiger partial charge in [0.2, 0.25) is 0 Å². The third kappa shape index (κ3) is 10.0. The molecule has 0 aromatic carbocycles. The molecule has 0 aliphatic heterocycles. The summed E-state index contributed by atoms with van der Waals surface area (Å²) >= 11 is 0. The van der Waals surface area contributed by atoms with Crippen LogP contribution < -0.4 is 11.1 Å². The highest BCUT2D eigenvalue weighted by molar-refractivity contribution is 4.74. The molecule has 0 aliphatic rings. The van der Waals surface area contributed by atoms with E-state index in [1.54, 1.807) is 0 Å². The fourth-order valence-electron chi connectivity index (χ4n) is 1.49. The van der Waals surface area contributed by atoms with Crippen LogP contribution >= 0.6 is 0 Å². The molecule has 2 heteroatoms. The van der Waals surface area contributed by atoms with Gasteiger partial charge in [-0.2, -0.15) is 0 Å². The molecule has 86 valence electrons. The van der Waals surface area contributed by atoms with Gasteiger partial charge < -0.3 is 11.1 Å². The summed E-state index contributed by atoms with van der Waals surface area (Å²) in [7, 11) is 0. The maximum absolute atomic E-state index is 6.03. The van der Waals surface area contributed by atoms with Gasteiger partial charge in [-0.25, -0.2) is 0 Å². The molecule has 0 rings (SSSR count). The Morgan fingerprint density at radius 1 is 1.00 bits per heavy atom. The van der Waals surface area contributed by atoms with E-state index in [1.165, 1.54) is 0 Å². The fraction of sp³-hybridized carbons (Fsp3) is 1.00. The first-order chi connectivity index (χ1) is 6.10. The van der Waals surface area contributed by atoms with Crippen LogP contribution in [0.3, 0.4) is 0 Å².